The topological polar surface area (TPSA) is 87.7 Å². The van der Waals surface area contributed by atoms with Gasteiger partial charge in [0.1, 0.15) is 0 Å². The monoisotopic (exact) mass is 241 g/mol. The summed E-state index contributed by atoms with van der Waals surface area (Å²) in [5, 5.41) is 14.5. The van der Waals surface area contributed by atoms with Crippen molar-refractivity contribution in [2.24, 2.45) is 22.7 Å². The van der Waals surface area contributed by atoms with Crippen molar-refractivity contribution < 1.29 is 10.0 Å². The fourth-order valence-corrected chi connectivity index (χ4v) is 2.50. The number of carbonyl (C=O) groups is 1. The molecule has 0 radical (unpaired) electrons. The van der Waals surface area contributed by atoms with Gasteiger partial charge in [-0.25, -0.2) is 0 Å². The summed E-state index contributed by atoms with van der Waals surface area (Å²) in [4.78, 5) is 12.0. The van der Waals surface area contributed by atoms with Crippen LogP contribution in [0.4, 0.5) is 0 Å². The van der Waals surface area contributed by atoms with E-state index in [9.17, 15) is 4.79 Å². The SMILES string of the molecule is CCC(C(=O)NC(C)C1CCCC1)C(N)=NO. The third-order valence-electron chi connectivity index (χ3n) is 3.67. The van der Waals surface area contributed by atoms with Crippen LogP contribution in [0.5, 0.6) is 0 Å². The molecule has 2 unspecified atom stereocenters. The van der Waals surface area contributed by atoms with Crippen molar-refractivity contribution in [2.45, 2.75) is 52.0 Å². The van der Waals surface area contributed by atoms with Gasteiger partial charge >= 0.3 is 0 Å². The van der Waals surface area contributed by atoms with E-state index in [1.807, 2.05) is 13.8 Å². The Morgan fingerprint density at radius 1 is 1.53 bits per heavy atom. The van der Waals surface area contributed by atoms with E-state index in [2.05, 4.69) is 10.5 Å². The average molecular weight is 241 g/mol. The molecule has 5 heteroatoms. The molecule has 4 N–H and O–H groups in total. The Balaban J connectivity index is 2.51. The van der Waals surface area contributed by atoms with Crippen molar-refractivity contribution in [3.8, 4) is 0 Å². The zero-order chi connectivity index (χ0) is 12.8. The predicted octanol–water partition coefficient (Wildman–Crippen LogP) is 1.45. The van der Waals surface area contributed by atoms with Crippen LogP contribution in [-0.4, -0.2) is 23.0 Å². The maximum Gasteiger partial charge on any atom is 0.231 e. The molecule has 0 spiro atoms. The number of nitrogens with two attached hydrogens (primary N) is 1. The van der Waals surface area contributed by atoms with E-state index in [-0.39, 0.29) is 17.8 Å². The molecule has 1 aliphatic rings. The number of nitrogens with one attached hydrogen (secondary N) is 1. The smallest absolute Gasteiger partial charge is 0.231 e. The van der Waals surface area contributed by atoms with Gasteiger partial charge in [-0.1, -0.05) is 24.9 Å². The molecule has 0 heterocycles. The van der Waals surface area contributed by atoms with Gasteiger partial charge in [0.2, 0.25) is 5.91 Å². The Kier molecular flexibility index (Phi) is 5.25. The molecule has 1 saturated carbocycles. The third-order valence-corrected chi connectivity index (χ3v) is 3.67. The van der Waals surface area contributed by atoms with Crippen LogP contribution in [0.2, 0.25) is 0 Å². The molecule has 0 saturated heterocycles. The molecular formula is C12H23N3O2. The highest BCUT2D eigenvalue weighted by molar-refractivity contribution is 6.02. The first-order valence-electron chi connectivity index (χ1n) is 6.37. The molecule has 1 aliphatic carbocycles. The fourth-order valence-electron chi connectivity index (χ4n) is 2.50. The van der Waals surface area contributed by atoms with Gasteiger partial charge < -0.3 is 16.3 Å². The fraction of sp³-hybridized carbons (Fsp3) is 0.833. The van der Waals surface area contributed by atoms with Gasteiger partial charge in [0.25, 0.3) is 0 Å². The second kappa shape index (κ2) is 6.47. The first-order chi connectivity index (χ1) is 8.10. The van der Waals surface area contributed by atoms with Crippen molar-refractivity contribution in [1.82, 2.24) is 5.32 Å². The summed E-state index contributed by atoms with van der Waals surface area (Å²) in [5.74, 6) is -0.0987. The number of carbonyl (C=O) groups excluding carboxylic acids is 1. The van der Waals surface area contributed by atoms with Gasteiger partial charge in [-0.2, -0.15) is 0 Å². The Bertz CT molecular complexity index is 285. The van der Waals surface area contributed by atoms with Gasteiger partial charge in [-0.05, 0) is 32.1 Å². The van der Waals surface area contributed by atoms with Crippen molar-refractivity contribution >= 4 is 11.7 Å². The highest BCUT2D eigenvalue weighted by atomic mass is 16.4. The molecule has 2 atom stereocenters. The Morgan fingerprint density at radius 3 is 2.59 bits per heavy atom. The van der Waals surface area contributed by atoms with E-state index >= 15 is 0 Å². The van der Waals surface area contributed by atoms with Gasteiger partial charge in [0.15, 0.2) is 5.84 Å². The summed E-state index contributed by atoms with van der Waals surface area (Å²) >= 11 is 0. The predicted molar refractivity (Wildman–Crippen MR) is 66.8 cm³/mol. The van der Waals surface area contributed by atoms with E-state index in [0.29, 0.717) is 12.3 Å². The van der Waals surface area contributed by atoms with Crippen molar-refractivity contribution in [2.75, 3.05) is 0 Å². The average Bonchev–Trinajstić information content (AvgIpc) is 2.83. The standard InChI is InChI=1S/C12H23N3O2/c1-3-10(11(13)15-17)12(16)14-8(2)9-6-4-5-7-9/h8-10,17H,3-7H2,1-2H3,(H2,13,15)(H,14,16). The lowest BCUT2D eigenvalue weighted by molar-refractivity contribution is -0.124. The molecule has 1 fully saturated rings. The summed E-state index contributed by atoms with van der Waals surface area (Å²) in [6, 6.07) is 0.172. The second-order valence-electron chi connectivity index (χ2n) is 4.83. The first kappa shape index (κ1) is 13.8. The van der Waals surface area contributed by atoms with Gasteiger partial charge in [0.05, 0.1) is 5.92 Å². The number of oxime groups is 1. The number of rotatable bonds is 5. The summed E-state index contributed by atoms with van der Waals surface area (Å²) in [6.45, 7) is 3.88. The molecule has 0 aromatic rings. The van der Waals surface area contributed by atoms with Crippen LogP contribution in [0.1, 0.15) is 46.0 Å². The number of nitrogens with zero attached hydrogens (tertiary/aromatic N) is 1. The zero-order valence-electron chi connectivity index (χ0n) is 10.6. The Hall–Kier alpha value is -1.26. The summed E-state index contributed by atoms with van der Waals surface area (Å²) in [5.41, 5.74) is 5.50. The minimum Gasteiger partial charge on any atom is -0.409 e. The number of hydrogen-bond donors (Lipinski definition) is 3. The van der Waals surface area contributed by atoms with E-state index in [1.54, 1.807) is 0 Å². The Labute approximate surface area is 102 Å². The maximum atomic E-state index is 12.0. The Morgan fingerprint density at radius 2 is 2.12 bits per heavy atom. The molecule has 17 heavy (non-hydrogen) atoms. The summed E-state index contributed by atoms with van der Waals surface area (Å²) in [6.07, 6.45) is 5.41. The molecule has 98 valence electrons. The second-order valence-corrected chi connectivity index (χ2v) is 4.83. The molecule has 0 aromatic heterocycles. The van der Waals surface area contributed by atoms with Crippen LogP contribution in [0.3, 0.4) is 0 Å². The van der Waals surface area contributed by atoms with E-state index in [1.165, 1.54) is 25.7 Å². The van der Waals surface area contributed by atoms with Gasteiger partial charge in [-0.15, -0.1) is 0 Å². The number of amidine groups is 1. The van der Waals surface area contributed by atoms with Crippen LogP contribution in [0, 0.1) is 11.8 Å². The molecule has 0 aromatic carbocycles. The lowest BCUT2D eigenvalue weighted by Crippen LogP contribution is -2.44. The largest absolute Gasteiger partial charge is 0.409 e. The van der Waals surface area contributed by atoms with E-state index in [0.717, 1.165) is 0 Å². The van der Waals surface area contributed by atoms with Crippen LogP contribution in [0.25, 0.3) is 0 Å². The number of amides is 1. The normalized spacial score (nSPS) is 21.2. The molecule has 1 rings (SSSR count). The van der Waals surface area contributed by atoms with Gasteiger partial charge in [-0.3, -0.25) is 4.79 Å². The molecular weight excluding hydrogens is 218 g/mol. The molecule has 1 amide bonds. The van der Waals surface area contributed by atoms with E-state index in [4.69, 9.17) is 10.9 Å². The van der Waals surface area contributed by atoms with Crippen LogP contribution in [-0.2, 0) is 4.79 Å². The van der Waals surface area contributed by atoms with Gasteiger partial charge in [0, 0.05) is 6.04 Å². The quantitative estimate of drug-likeness (QED) is 0.295. The summed E-state index contributed by atoms with van der Waals surface area (Å²) in [7, 11) is 0. The van der Waals surface area contributed by atoms with Crippen molar-refractivity contribution in [3.05, 3.63) is 0 Å². The molecule has 5 nitrogen and oxygen atoms in total. The highest BCUT2D eigenvalue weighted by Crippen LogP contribution is 2.27. The van der Waals surface area contributed by atoms with Crippen LogP contribution >= 0.6 is 0 Å². The molecule has 0 aliphatic heterocycles. The summed E-state index contributed by atoms with van der Waals surface area (Å²) < 4.78 is 0. The maximum absolute atomic E-state index is 12.0. The van der Waals surface area contributed by atoms with Crippen molar-refractivity contribution in [3.63, 3.8) is 0 Å². The minimum atomic E-state index is -0.524. The first-order valence-corrected chi connectivity index (χ1v) is 6.37. The minimum absolute atomic E-state index is 0.0105. The lowest BCUT2D eigenvalue weighted by Gasteiger charge is -2.23. The zero-order valence-corrected chi connectivity index (χ0v) is 10.6. The molecule has 0 bridgehead atoms. The highest BCUT2D eigenvalue weighted by Gasteiger charge is 2.27. The number of hydrogen-bond acceptors (Lipinski definition) is 3. The lowest BCUT2D eigenvalue weighted by atomic mass is 9.98. The van der Waals surface area contributed by atoms with Crippen molar-refractivity contribution in [1.29, 1.82) is 0 Å². The third kappa shape index (κ3) is 3.61. The van der Waals surface area contributed by atoms with E-state index < -0.39 is 5.92 Å². The van der Waals surface area contributed by atoms with Crippen LogP contribution < -0.4 is 11.1 Å². The van der Waals surface area contributed by atoms with Crippen LogP contribution in [0.15, 0.2) is 5.16 Å².